The van der Waals surface area contributed by atoms with Gasteiger partial charge in [-0.2, -0.15) is 0 Å². The third-order valence-electron chi connectivity index (χ3n) is 3.73. The average Bonchev–Trinajstić information content (AvgIpc) is 2.62. The standard InChI is InChI=1S/C20H25ClN2O3/c1-4-9-22-12-15-10-17(21)20(18(11-15)25-3)26-13-19(24)23-16-7-5-14(2)6-8-16/h5-8,10-11,22H,4,9,12-13H2,1-3H3,(H,23,24). The zero-order chi connectivity index (χ0) is 18.9. The first-order chi connectivity index (χ1) is 12.5. The van der Waals surface area contributed by atoms with Crippen LogP contribution in [-0.4, -0.2) is 26.2 Å². The van der Waals surface area contributed by atoms with Crippen LogP contribution in [0.1, 0.15) is 24.5 Å². The van der Waals surface area contributed by atoms with Crippen molar-refractivity contribution in [3.05, 3.63) is 52.5 Å². The highest BCUT2D eigenvalue weighted by Crippen LogP contribution is 2.36. The van der Waals surface area contributed by atoms with Crippen LogP contribution < -0.4 is 20.1 Å². The van der Waals surface area contributed by atoms with Crippen LogP contribution in [0.5, 0.6) is 11.5 Å². The van der Waals surface area contributed by atoms with Crippen molar-refractivity contribution >= 4 is 23.2 Å². The zero-order valence-electron chi connectivity index (χ0n) is 15.4. The molecule has 0 bridgehead atoms. The number of benzene rings is 2. The largest absolute Gasteiger partial charge is 0.493 e. The van der Waals surface area contributed by atoms with E-state index in [1.54, 1.807) is 7.11 Å². The lowest BCUT2D eigenvalue weighted by atomic mass is 10.2. The Kier molecular flexibility index (Phi) is 7.75. The van der Waals surface area contributed by atoms with Gasteiger partial charge in [-0.25, -0.2) is 0 Å². The molecule has 0 aromatic heterocycles. The quantitative estimate of drug-likeness (QED) is 0.645. The summed E-state index contributed by atoms with van der Waals surface area (Å²) in [6, 6.07) is 11.2. The molecule has 0 aliphatic heterocycles. The Labute approximate surface area is 159 Å². The summed E-state index contributed by atoms with van der Waals surface area (Å²) >= 11 is 6.32. The van der Waals surface area contributed by atoms with Crippen molar-refractivity contribution in [3.8, 4) is 11.5 Å². The summed E-state index contributed by atoms with van der Waals surface area (Å²) in [5.74, 6) is 0.613. The molecule has 2 aromatic carbocycles. The lowest BCUT2D eigenvalue weighted by Crippen LogP contribution is -2.20. The average molecular weight is 377 g/mol. The molecular weight excluding hydrogens is 352 g/mol. The number of carbonyl (C=O) groups excluding carboxylic acids is 1. The van der Waals surface area contributed by atoms with E-state index in [1.807, 2.05) is 43.3 Å². The second kappa shape index (κ2) is 10.0. The van der Waals surface area contributed by atoms with Gasteiger partial charge in [-0.15, -0.1) is 0 Å². The van der Waals surface area contributed by atoms with E-state index in [0.29, 0.717) is 23.1 Å². The van der Waals surface area contributed by atoms with Crippen molar-refractivity contribution in [2.24, 2.45) is 0 Å². The molecule has 0 heterocycles. The summed E-state index contributed by atoms with van der Waals surface area (Å²) in [5.41, 5.74) is 2.85. The number of methoxy groups -OCH3 is 1. The first-order valence-corrected chi connectivity index (χ1v) is 8.97. The molecule has 6 heteroatoms. The molecule has 5 nitrogen and oxygen atoms in total. The fourth-order valence-corrected chi connectivity index (χ4v) is 2.68. The van der Waals surface area contributed by atoms with Gasteiger partial charge in [0.15, 0.2) is 18.1 Å². The highest BCUT2D eigenvalue weighted by Gasteiger charge is 2.14. The topological polar surface area (TPSA) is 59.6 Å². The third kappa shape index (κ3) is 5.93. The van der Waals surface area contributed by atoms with Crippen LogP contribution in [0.15, 0.2) is 36.4 Å². The lowest BCUT2D eigenvalue weighted by molar-refractivity contribution is -0.118. The molecular formula is C20H25ClN2O3. The van der Waals surface area contributed by atoms with Crippen molar-refractivity contribution in [3.63, 3.8) is 0 Å². The van der Waals surface area contributed by atoms with Crippen LogP contribution in [0.3, 0.4) is 0 Å². The van der Waals surface area contributed by atoms with Gasteiger partial charge in [0.05, 0.1) is 12.1 Å². The molecule has 0 atom stereocenters. The van der Waals surface area contributed by atoms with E-state index in [-0.39, 0.29) is 12.5 Å². The predicted molar refractivity (Wildman–Crippen MR) is 105 cm³/mol. The maximum atomic E-state index is 12.1. The predicted octanol–water partition coefficient (Wildman–Crippen LogP) is 4.17. The van der Waals surface area contributed by atoms with Gasteiger partial charge in [0, 0.05) is 12.2 Å². The van der Waals surface area contributed by atoms with E-state index >= 15 is 0 Å². The Hall–Kier alpha value is -2.24. The van der Waals surface area contributed by atoms with E-state index in [2.05, 4.69) is 17.6 Å². The van der Waals surface area contributed by atoms with Gasteiger partial charge in [-0.3, -0.25) is 4.79 Å². The molecule has 0 aliphatic rings. The Balaban J connectivity index is 1.99. The fourth-order valence-electron chi connectivity index (χ4n) is 2.40. The van der Waals surface area contributed by atoms with E-state index < -0.39 is 0 Å². The minimum atomic E-state index is -0.263. The molecule has 0 aliphatic carbocycles. The monoisotopic (exact) mass is 376 g/mol. The zero-order valence-corrected chi connectivity index (χ0v) is 16.2. The molecule has 2 N–H and O–H groups in total. The molecule has 0 fully saturated rings. The molecule has 1 amide bonds. The summed E-state index contributed by atoms with van der Waals surface area (Å²) in [6.45, 7) is 5.57. The highest BCUT2D eigenvalue weighted by molar-refractivity contribution is 6.32. The molecule has 0 saturated carbocycles. The van der Waals surface area contributed by atoms with Gasteiger partial charge in [0.1, 0.15) is 0 Å². The summed E-state index contributed by atoms with van der Waals surface area (Å²) in [7, 11) is 1.55. The van der Waals surface area contributed by atoms with Crippen LogP contribution in [0.2, 0.25) is 5.02 Å². The first-order valence-electron chi connectivity index (χ1n) is 8.60. The van der Waals surface area contributed by atoms with Crippen LogP contribution >= 0.6 is 11.6 Å². The van der Waals surface area contributed by atoms with Crippen molar-refractivity contribution < 1.29 is 14.3 Å². The van der Waals surface area contributed by atoms with Gasteiger partial charge in [-0.05, 0) is 49.7 Å². The molecule has 140 valence electrons. The summed E-state index contributed by atoms with van der Waals surface area (Å²) in [6.07, 6.45) is 1.06. The molecule has 0 radical (unpaired) electrons. The Morgan fingerprint density at radius 1 is 1.19 bits per heavy atom. The number of anilines is 1. The normalized spacial score (nSPS) is 10.5. The number of carbonyl (C=O) groups is 1. The fraction of sp³-hybridized carbons (Fsp3) is 0.350. The van der Waals surface area contributed by atoms with E-state index in [1.165, 1.54) is 0 Å². The summed E-state index contributed by atoms with van der Waals surface area (Å²) in [4.78, 5) is 12.1. The number of halogens is 1. The van der Waals surface area contributed by atoms with Gasteiger partial charge < -0.3 is 20.1 Å². The molecule has 2 rings (SSSR count). The van der Waals surface area contributed by atoms with Crippen molar-refractivity contribution in [2.45, 2.75) is 26.8 Å². The van der Waals surface area contributed by atoms with E-state index in [9.17, 15) is 4.79 Å². The number of hydrogen-bond acceptors (Lipinski definition) is 4. The molecule has 0 saturated heterocycles. The number of hydrogen-bond donors (Lipinski definition) is 2. The lowest BCUT2D eigenvalue weighted by Gasteiger charge is -2.14. The number of rotatable bonds is 9. The number of nitrogens with one attached hydrogen (secondary N) is 2. The second-order valence-corrected chi connectivity index (χ2v) is 6.40. The Morgan fingerprint density at radius 2 is 1.92 bits per heavy atom. The van der Waals surface area contributed by atoms with Crippen LogP contribution in [0.4, 0.5) is 5.69 Å². The number of amides is 1. The Bertz CT molecular complexity index is 733. The van der Waals surface area contributed by atoms with Gasteiger partial charge in [0.25, 0.3) is 5.91 Å². The smallest absolute Gasteiger partial charge is 0.262 e. The van der Waals surface area contributed by atoms with Crippen molar-refractivity contribution in [2.75, 3.05) is 25.6 Å². The third-order valence-corrected chi connectivity index (χ3v) is 4.01. The SMILES string of the molecule is CCCNCc1cc(Cl)c(OCC(=O)Nc2ccc(C)cc2)c(OC)c1. The van der Waals surface area contributed by atoms with Crippen molar-refractivity contribution in [1.29, 1.82) is 0 Å². The Morgan fingerprint density at radius 3 is 2.58 bits per heavy atom. The minimum absolute atomic E-state index is 0.155. The molecule has 0 spiro atoms. The summed E-state index contributed by atoms with van der Waals surface area (Å²) in [5, 5.41) is 6.51. The van der Waals surface area contributed by atoms with Crippen LogP contribution in [0, 0.1) is 6.92 Å². The molecule has 0 unspecified atom stereocenters. The molecule has 26 heavy (non-hydrogen) atoms. The summed E-state index contributed by atoms with van der Waals surface area (Å²) < 4.78 is 11.0. The van der Waals surface area contributed by atoms with Crippen molar-refractivity contribution in [1.82, 2.24) is 5.32 Å². The van der Waals surface area contributed by atoms with Gasteiger partial charge in [0.2, 0.25) is 0 Å². The maximum Gasteiger partial charge on any atom is 0.262 e. The second-order valence-electron chi connectivity index (χ2n) is 5.99. The van der Waals surface area contributed by atoms with Crippen LogP contribution in [0.25, 0.3) is 0 Å². The molecule has 2 aromatic rings. The van der Waals surface area contributed by atoms with E-state index in [0.717, 1.165) is 29.8 Å². The first kappa shape index (κ1) is 20.1. The van der Waals surface area contributed by atoms with Gasteiger partial charge >= 0.3 is 0 Å². The number of aryl methyl sites for hydroxylation is 1. The minimum Gasteiger partial charge on any atom is -0.493 e. The van der Waals surface area contributed by atoms with Gasteiger partial charge in [-0.1, -0.05) is 36.2 Å². The maximum absolute atomic E-state index is 12.1. The van der Waals surface area contributed by atoms with E-state index in [4.69, 9.17) is 21.1 Å². The highest BCUT2D eigenvalue weighted by atomic mass is 35.5. The van der Waals surface area contributed by atoms with Crippen LogP contribution in [-0.2, 0) is 11.3 Å². The number of ether oxygens (including phenoxy) is 2.